The van der Waals surface area contributed by atoms with Crippen LogP contribution >= 0.6 is 0 Å². The molecule has 0 bridgehead atoms. The molecule has 0 unspecified atom stereocenters. The topological polar surface area (TPSA) is 59.8 Å². The molecule has 3 aromatic rings. The average molecular weight is 306 g/mol. The molecule has 5 nitrogen and oxygen atoms in total. The summed E-state index contributed by atoms with van der Waals surface area (Å²) in [5.41, 5.74) is 2.24. The summed E-state index contributed by atoms with van der Waals surface area (Å²) in [4.78, 5) is 20.6. The second kappa shape index (κ2) is 7.35. The van der Waals surface area contributed by atoms with Crippen LogP contribution in [0.4, 0.5) is 0 Å². The summed E-state index contributed by atoms with van der Waals surface area (Å²) < 4.78 is 1.99. The number of nitrogens with one attached hydrogen (secondary N) is 1. The number of nitrogens with zero attached hydrogens (tertiary/aromatic N) is 3. The Hall–Kier alpha value is -2.95. The first-order chi connectivity index (χ1) is 11.3. The van der Waals surface area contributed by atoms with Crippen molar-refractivity contribution in [1.82, 2.24) is 19.9 Å². The minimum absolute atomic E-state index is 0.145. The third-order valence-corrected chi connectivity index (χ3v) is 3.49. The zero-order chi connectivity index (χ0) is 15.9. The predicted octanol–water partition coefficient (Wildman–Crippen LogP) is 2.77. The van der Waals surface area contributed by atoms with Crippen LogP contribution in [0.5, 0.6) is 0 Å². The number of imidazole rings is 1. The van der Waals surface area contributed by atoms with Crippen molar-refractivity contribution in [2.24, 2.45) is 0 Å². The van der Waals surface area contributed by atoms with Crippen molar-refractivity contribution >= 4 is 5.91 Å². The molecule has 0 saturated heterocycles. The van der Waals surface area contributed by atoms with Gasteiger partial charge in [-0.1, -0.05) is 36.4 Å². The Bertz CT molecular complexity index is 754. The lowest BCUT2D eigenvalue weighted by molar-refractivity contribution is 0.0948. The molecular weight excluding hydrogens is 288 g/mol. The molecule has 1 N–H and O–H groups in total. The van der Waals surface area contributed by atoms with Gasteiger partial charge in [-0.15, -0.1) is 0 Å². The summed E-state index contributed by atoms with van der Waals surface area (Å²) in [5, 5.41) is 2.90. The van der Waals surface area contributed by atoms with Crippen LogP contribution in [0.2, 0.25) is 0 Å². The number of rotatable bonds is 6. The molecule has 2 heterocycles. The fourth-order valence-electron chi connectivity index (χ4n) is 2.30. The van der Waals surface area contributed by atoms with Crippen molar-refractivity contribution in [2.75, 3.05) is 6.54 Å². The van der Waals surface area contributed by atoms with Gasteiger partial charge in [-0.25, -0.2) is 9.97 Å². The summed E-state index contributed by atoms with van der Waals surface area (Å²) in [6.45, 7) is 1.44. The quantitative estimate of drug-likeness (QED) is 0.712. The van der Waals surface area contributed by atoms with Gasteiger partial charge in [0, 0.05) is 31.0 Å². The molecule has 2 aromatic heterocycles. The average Bonchev–Trinajstić information content (AvgIpc) is 3.13. The largest absolute Gasteiger partial charge is 0.351 e. The van der Waals surface area contributed by atoms with E-state index in [2.05, 4.69) is 15.3 Å². The van der Waals surface area contributed by atoms with E-state index in [9.17, 15) is 4.79 Å². The van der Waals surface area contributed by atoms with E-state index in [4.69, 9.17) is 0 Å². The van der Waals surface area contributed by atoms with Crippen LogP contribution in [0.25, 0.3) is 11.3 Å². The molecule has 0 spiro atoms. The van der Waals surface area contributed by atoms with Gasteiger partial charge < -0.3 is 9.88 Å². The molecule has 3 rings (SSSR count). The van der Waals surface area contributed by atoms with E-state index in [-0.39, 0.29) is 5.91 Å². The standard InChI is InChI=1S/C18H18N4O/c23-18(20-10-5-12-22-13-11-19-14-22)17-9-4-8-16(21-17)15-6-2-1-3-7-15/h1-4,6-9,11,13-14H,5,10,12H2,(H,20,23). The second-order valence-electron chi connectivity index (χ2n) is 5.18. The number of benzene rings is 1. The molecule has 0 fully saturated rings. The van der Waals surface area contributed by atoms with Crippen molar-refractivity contribution < 1.29 is 4.79 Å². The Morgan fingerprint density at radius 3 is 2.74 bits per heavy atom. The third-order valence-electron chi connectivity index (χ3n) is 3.49. The zero-order valence-corrected chi connectivity index (χ0v) is 12.7. The van der Waals surface area contributed by atoms with Crippen molar-refractivity contribution in [1.29, 1.82) is 0 Å². The SMILES string of the molecule is O=C(NCCCn1ccnc1)c1cccc(-c2ccccc2)n1. The summed E-state index contributed by atoms with van der Waals surface area (Å²) in [6.07, 6.45) is 6.28. The maximum absolute atomic E-state index is 12.2. The summed E-state index contributed by atoms with van der Waals surface area (Å²) in [7, 11) is 0. The number of aryl methyl sites for hydroxylation is 1. The molecule has 0 aliphatic rings. The van der Waals surface area contributed by atoms with Crippen molar-refractivity contribution in [3.63, 3.8) is 0 Å². The van der Waals surface area contributed by atoms with E-state index in [1.54, 1.807) is 18.6 Å². The fourth-order valence-corrected chi connectivity index (χ4v) is 2.30. The van der Waals surface area contributed by atoms with E-state index in [0.29, 0.717) is 12.2 Å². The van der Waals surface area contributed by atoms with Gasteiger partial charge in [-0.3, -0.25) is 4.79 Å². The zero-order valence-electron chi connectivity index (χ0n) is 12.7. The highest BCUT2D eigenvalue weighted by Gasteiger charge is 2.08. The monoisotopic (exact) mass is 306 g/mol. The molecule has 0 saturated carbocycles. The van der Waals surface area contributed by atoms with Crippen LogP contribution in [0, 0.1) is 0 Å². The highest BCUT2D eigenvalue weighted by atomic mass is 16.1. The van der Waals surface area contributed by atoms with E-state index < -0.39 is 0 Å². The first-order valence-corrected chi connectivity index (χ1v) is 7.59. The van der Waals surface area contributed by atoms with Crippen LogP contribution in [-0.4, -0.2) is 27.0 Å². The lowest BCUT2D eigenvalue weighted by Crippen LogP contribution is -2.26. The Morgan fingerprint density at radius 2 is 1.96 bits per heavy atom. The van der Waals surface area contributed by atoms with Crippen LogP contribution in [0.15, 0.2) is 67.3 Å². The first kappa shape index (κ1) is 15.0. The Labute approximate surface area is 135 Å². The summed E-state index contributed by atoms with van der Waals surface area (Å²) >= 11 is 0. The molecule has 1 aromatic carbocycles. The minimum Gasteiger partial charge on any atom is -0.351 e. The Kier molecular flexibility index (Phi) is 4.79. The van der Waals surface area contributed by atoms with Gasteiger partial charge in [0.2, 0.25) is 0 Å². The molecule has 0 aliphatic heterocycles. The minimum atomic E-state index is -0.145. The van der Waals surface area contributed by atoms with Gasteiger partial charge in [0.1, 0.15) is 5.69 Å². The van der Waals surface area contributed by atoms with Gasteiger partial charge in [-0.2, -0.15) is 0 Å². The van der Waals surface area contributed by atoms with Gasteiger partial charge in [-0.05, 0) is 18.6 Å². The normalized spacial score (nSPS) is 10.4. The maximum atomic E-state index is 12.2. The van der Waals surface area contributed by atoms with Gasteiger partial charge in [0.05, 0.1) is 12.0 Å². The molecule has 23 heavy (non-hydrogen) atoms. The smallest absolute Gasteiger partial charge is 0.269 e. The van der Waals surface area contributed by atoms with Crippen LogP contribution in [0.3, 0.4) is 0 Å². The van der Waals surface area contributed by atoms with Crippen LogP contribution in [-0.2, 0) is 6.54 Å². The summed E-state index contributed by atoms with van der Waals surface area (Å²) in [5.74, 6) is -0.145. The van der Waals surface area contributed by atoms with Crippen molar-refractivity contribution in [3.8, 4) is 11.3 Å². The molecule has 1 amide bonds. The van der Waals surface area contributed by atoms with E-state index in [1.165, 1.54) is 0 Å². The van der Waals surface area contributed by atoms with E-state index in [0.717, 1.165) is 24.2 Å². The van der Waals surface area contributed by atoms with E-state index >= 15 is 0 Å². The first-order valence-electron chi connectivity index (χ1n) is 7.59. The lowest BCUT2D eigenvalue weighted by atomic mass is 10.1. The van der Waals surface area contributed by atoms with Gasteiger partial charge in [0.15, 0.2) is 0 Å². The lowest BCUT2D eigenvalue weighted by Gasteiger charge is -2.07. The number of aromatic nitrogens is 3. The van der Waals surface area contributed by atoms with E-state index in [1.807, 2.05) is 53.2 Å². The van der Waals surface area contributed by atoms with Gasteiger partial charge in [0.25, 0.3) is 5.91 Å². The number of pyridine rings is 1. The second-order valence-corrected chi connectivity index (χ2v) is 5.18. The molecule has 5 heteroatoms. The highest BCUT2D eigenvalue weighted by molar-refractivity contribution is 5.92. The Balaban J connectivity index is 1.57. The molecule has 116 valence electrons. The molecule has 0 radical (unpaired) electrons. The van der Waals surface area contributed by atoms with Gasteiger partial charge >= 0.3 is 0 Å². The maximum Gasteiger partial charge on any atom is 0.269 e. The number of carbonyl (C=O) groups excluding carboxylic acids is 1. The third kappa shape index (κ3) is 4.03. The number of hydrogen-bond donors (Lipinski definition) is 1. The number of carbonyl (C=O) groups is 1. The van der Waals surface area contributed by atoms with Crippen molar-refractivity contribution in [2.45, 2.75) is 13.0 Å². The Morgan fingerprint density at radius 1 is 1.09 bits per heavy atom. The number of hydrogen-bond acceptors (Lipinski definition) is 3. The van der Waals surface area contributed by atoms with Crippen molar-refractivity contribution in [3.05, 3.63) is 72.9 Å². The molecular formula is C18H18N4O. The van der Waals surface area contributed by atoms with Crippen LogP contribution < -0.4 is 5.32 Å². The van der Waals surface area contributed by atoms with Crippen LogP contribution in [0.1, 0.15) is 16.9 Å². The summed E-state index contributed by atoms with van der Waals surface area (Å²) in [6, 6.07) is 15.3. The molecule has 0 aliphatic carbocycles. The number of amides is 1. The fraction of sp³-hybridized carbons (Fsp3) is 0.167. The molecule has 0 atom stereocenters. The predicted molar refractivity (Wildman–Crippen MR) is 88.9 cm³/mol. The highest BCUT2D eigenvalue weighted by Crippen LogP contribution is 2.16.